The number of carbonyl (C=O) groups excluding carboxylic acids is 1. The third kappa shape index (κ3) is 2.80. The average Bonchev–Trinajstić information content (AvgIpc) is 2.76. The van der Waals surface area contributed by atoms with Crippen molar-refractivity contribution in [3.05, 3.63) is 0 Å². The van der Waals surface area contributed by atoms with Crippen molar-refractivity contribution in [1.29, 1.82) is 0 Å². The molecule has 98 valence electrons. The molecular formula is C13H24N2O2. The van der Waals surface area contributed by atoms with E-state index in [4.69, 9.17) is 10.5 Å². The first kappa shape index (κ1) is 12.8. The number of amides is 1. The van der Waals surface area contributed by atoms with Crippen LogP contribution < -0.4 is 5.73 Å². The Hall–Kier alpha value is -0.610. The van der Waals surface area contributed by atoms with Gasteiger partial charge in [0.15, 0.2) is 0 Å². The van der Waals surface area contributed by atoms with Gasteiger partial charge in [-0.1, -0.05) is 0 Å². The molecule has 3 atom stereocenters. The van der Waals surface area contributed by atoms with Crippen molar-refractivity contribution in [1.82, 2.24) is 4.90 Å². The predicted molar refractivity (Wildman–Crippen MR) is 66.5 cm³/mol. The molecule has 2 rings (SSSR count). The van der Waals surface area contributed by atoms with Crippen LogP contribution in [0.5, 0.6) is 0 Å². The fourth-order valence-electron chi connectivity index (χ4n) is 3.05. The molecular weight excluding hydrogens is 216 g/mol. The van der Waals surface area contributed by atoms with Crippen molar-refractivity contribution in [2.45, 2.75) is 51.2 Å². The molecule has 3 unspecified atom stereocenters. The van der Waals surface area contributed by atoms with E-state index in [1.165, 1.54) is 6.42 Å². The Labute approximate surface area is 103 Å². The number of rotatable bonds is 3. The van der Waals surface area contributed by atoms with E-state index in [2.05, 4.69) is 4.90 Å². The Morgan fingerprint density at radius 1 is 1.41 bits per heavy atom. The summed E-state index contributed by atoms with van der Waals surface area (Å²) in [6.07, 6.45) is 5.38. The monoisotopic (exact) mass is 240 g/mol. The van der Waals surface area contributed by atoms with Gasteiger partial charge in [0.05, 0.1) is 12.0 Å². The van der Waals surface area contributed by atoms with Crippen LogP contribution in [0, 0.1) is 5.92 Å². The minimum absolute atomic E-state index is 0.0772. The van der Waals surface area contributed by atoms with Crippen LogP contribution in [0.15, 0.2) is 0 Å². The molecule has 2 heterocycles. The maximum atomic E-state index is 12.5. The molecule has 4 nitrogen and oxygen atoms in total. The lowest BCUT2D eigenvalue weighted by atomic mass is 9.94. The fourth-order valence-corrected chi connectivity index (χ4v) is 3.05. The van der Waals surface area contributed by atoms with E-state index in [1.807, 2.05) is 6.92 Å². The van der Waals surface area contributed by atoms with Gasteiger partial charge in [0.1, 0.15) is 0 Å². The molecule has 4 heteroatoms. The van der Waals surface area contributed by atoms with Gasteiger partial charge in [-0.05, 0) is 45.6 Å². The van der Waals surface area contributed by atoms with Gasteiger partial charge in [0, 0.05) is 19.2 Å². The summed E-state index contributed by atoms with van der Waals surface area (Å²) in [6, 6.07) is 0.369. The van der Waals surface area contributed by atoms with E-state index in [-0.39, 0.29) is 12.0 Å². The lowest BCUT2D eigenvalue weighted by Crippen LogP contribution is -2.48. The van der Waals surface area contributed by atoms with E-state index in [0.29, 0.717) is 18.5 Å². The quantitative estimate of drug-likeness (QED) is 0.805. The van der Waals surface area contributed by atoms with E-state index in [0.717, 1.165) is 38.8 Å². The molecule has 0 spiro atoms. The molecule has 0 aromatic carbocycles. The van der Waals surface area contributed by atoms with Gasteiger partial charge < -0.3 is 15.4 Å². The van der Waals surface area contributed by atoms with Crippen LogP contribution in [0.4, 0.5) is 0 Å². The molecule has 0 bridgehead atoms. The lowest BCUT2D eigenvalue weighted by Gasteiger charge is -2.37. The largest absolute Gasteiger partial charge is 0.378 e. The van der Waals surface area contributed by atoms with Crippen molar-refractivity contribution >= 4 is 5.91 Å². The average molecular weight is 240 g/mol. The number of nitrogens with two attached hydrogens (primary N) is 1. The Morgan fingerprint density at radius 3 is 2.88 bits per heavy atom. The van der Waals surface area contributed by atoms with Crippen molar-refractivity contribution in [2.24, 2.45) is 11.7 Å². The molecule has 2 N–H and O–H groups in total. The Kier molecular flexibility index (Phi) is 4.40. The Morgan fingerprint density at radius 2 is 2.24 bits per heavy atom. The van der Waals surface area contributed by atoms with Gasteiger partial charge in [-0.3, -0.25) is 4.79 Å². The molecule has 0 saturated carbocycles. The van der Waals surface area contributed by atoms with E-state index in [1.54, 1.807) is 0 Å². The molecule has 0 aliphatic carbocycles. The Balaban J connectivity index is 2.00. The third-order valence-corrected chi connectivity index (χ3v) is 4.10. The van der Waals surface area contributed by atoms with Crippen molar-refractivity contribution in [3.63, 3.8) is 0 Å². The summed E-state index contributed by atoms with van der Waals surface area (Å²) >= 11 is 0. The maximum Gasteiger partial charge on any atom is 0.228 e. The van der Waals surface area contributed by atoms with Crippen LogP contribution in [-0.4, -0.2) is 42.6 Å². The van der Waals surface area contributed by atoms with Crippen molar-refractivity contribution in [3.8, 4) is 0 Å². The minimum atomic E-state index is 0.0772. The number of carbonyl (C=O) groups is 1. The summed E-state index contributed by atoms with van der Waals surface area (Å²) in [5.41, 5.74) is 5.64. The SMILES string of the molecule is CC1OCCC1C(=O)N1CCCCC1CCN. The highest BCUT2D eigenvalue weighted by Crippen LogP contribution is 2.27. The first-order valence-electron chi connectivity index (χ1n) is 6.86. The van der Waals surface area contributed by atoms with Gasteiger partial charge >= 0.3 is 0 Å². The van der Waals surface area contributed by atoms with Crippen molar-refractivity contribution in [2.75, 3.05) is 19.7 Å². The molecule has 2 saturated heterocycles. The number of hydrogen-bond acceptors (Lipinski definition) is 3. The van der Waals surface area contributed by atoms with Crippen LogP contribution >= 0.6 is 0 Å². The van der Waals surface area contributed by atoms with Crippen LogP contribution in [-0.2, 0) is 9.53 Å². The van der Waals surface area contributed by atoms with Crippen LogP contribution in [0.3, 0.4) is 0 Å². The first-order valence-corrected chi connectivity index (χ1v) is 6.86. The highest BCUT2D eigenvalue weighted by atomic mass is 16.5. The molecule has 2 aliphatic heterocycles. The third-order valence-electron chi connectivity index (χ3n) is 4.10. The lowest BCUT2D eigenvalue weighted by molar-refractivity contribution is -0.140. The standard InChI is InChI=1S/C13H24N2O2/c1-10-12(6-9-17-10)13(16)15-8-3-2-4-11(15)5-7-14/h10-12H,2-9,14H2,1H3. The first-order chi connectivity index (χ1) is 8.24. The van der Waals surface area contributed by atoms with Gasteiger partial charge in [-0.25, -0.2) is 0 Å². The molecule has 0 radical (unpaired) electrons. The topological polar surface area (TPSA) is 55.6 Å². The summed E-state index contributed by atoms with van der Waals surface area (Å²) in [4.78, 5) is 14.6. The number of ether oxygens (including phenoxy) is 1. The van der Waals surface area contributed by atoms with Gasteiger partial charge in [0.2, 0.25) is 5.91 Å². The second-order valence-electron chi connectivity index (χ2n) is 5.23. The second kappa shape index (κ2) is 5.83. The van der Waals surface area contributed by atoms with Gasteiger partial charge in [-0.15, -0.1) is 0 Å². The fraction of sp³-hybridized carbons (Fsp3) is 0.923. The second-order valence-corrected chi connectivity index (χ2v) is 5.23. The van der Waals surface area contributed by atoms with Crippen LogP contribution in [0.2, 0.25) is 0 Å². The zero-order valence-corrected chi connectivity index (χ0v) is 10.7. The molecule has 2 fully saturated rings. The zero-order valence-electron chi connectivity index (χ0n) is 10.7. The summed E-state index contributed by atoms with van der Waals surface area (Å²) in [5.74, 6) is 0.376. The number of piperidine rings is 1. The summed E-state index contributed by atoms with van der Waals surface area (Å²) in [6.45, 7) is 4.32. The number of hydrogen-bond donors (Lipinski definition) is 1. The minimum Gasteiger partial charge on any atom is -0.378 e. The summed E-state index contributed by atoms with van der Waals surface area (Å²) < 4.78 is 5.50. The molecule has 17 heavy (non-hydrogen) atoms. The van der Waals surface area contributed by atoms with E-state index >= 15 is 0 Å². The highest BCUT2D eigenvalue weighted by Gasteiger charge is 2.36. The summed E-state index contributed by atoms with van der Waals surface area (Å²) in [7, 11) is 0. The van der Waals surface area contributed by atoms with Crippen LogP contribution in [0.25, 0.3) is 0 Å². The summed E-state index contributed by atoms with van der Waals surface area (Å²) in [5, 5.41) is 0. The normalized spacial score (nSPS) is 34.0. The van der Waals surface area contributed by atoms with Gasteiger partial charge in [0.25, 0.3) is 0 Å². The van der Waals surface area contributed by atoms with E-state index < -0.39 is 0 Å². The smallest absolute Gasteiger partial charge is 0.228 e. The Bertz CT molecular complexity index is 268. The number of nitrogens with zero attached hydrogens (tertiary/aromatic N) is 1. The highest BCUT2D eigenvalue weighted by molar-refractivity contribution is 5.80. The molecule has 0 aromatic heterocycles. The number of likely N-dealkylation sites (tertiary alicyclic amines) is 1. The van der Waals surface area contributed by atoms with Crippen LogP contribution in [0.1, 0.15) is 39.0 Å². The molecule has 1 amide bonds. The molecule has 2 aliphatic rings. The molecule has 0 aromatic rings. The van der Waals surface area contributed by atoms with Gasteiger partial charge in [-0.2, -0.15) is 0 Å². The predicted octanol–water partition coefficient (Wildman–Crippen LogP) is 1.14. The maximum absolute atomic E-state index is 12.5. The van der Waals surface area contributed by atoms with E-state index in [9.17, 15) is 4.79 Å². The van der Waals surface area contributed by atoms with Crippen molar-refractivity contribution < 1.29 is 9.53 Å². The zero-order chi connectivity index (χ0) is 12.3.